The smallest absolute Gasteiger partial charge is 0.263 e. The van der Waals surface area contributed by atoms with E-state index in [4.69, 9.17) is 0 Å². The van der Waals surface area contributed by atoms with Crippen molar-refractivity contribution in [1.29, 1.82) is 0 Å². The van der Waals surface area contributed by atoms with Crippen LogP contribution in [0.3, 0.4) is 0 Å². The third-order valence-corrected chi connectivity index (χ3v) is 5.93. The molecule has 0 aliphatic carbocycles. The van der Waals surface area contributed by atoms with Crippen molar-refractivity contribution in [3.8, 4) is 0 Å². The molecular formula is C19H25FN4OS. The van der Waals surface area contributed by atoms with Crippen LogP contribution in [0.5, 0.6) is 0 Å². The molecule has 1 amide bonds. The third kappa shape index (κ3) is 4.59. The highest BCUT2D eigenvalue weighted by Gasteiger charge is 2.18. The van der Waals surface area contributed by atoms with Crippen molar-refractivity contribution in [3.63, 3.8) is 0 Å². The predicted molar refractivity (Wildman–Crippen MR) is 104 cm³/mol. The van der Waals surface area contributed by atoms with Crippen molar-refractivity contribution < 1.29 is 9.18 Å². The number of carbonyl (C=O) groups excluding carboxylic acids is 1. The Hall–Kier alpha value is -1.99. The molecule has 2 heterocycles. The Morgan fingerprint density at radius 3 is 2.54 bits per heavy atom. The van der Waals surface area contributed by atoms with Gasteiger partial charge in [0.2, 0.25) is 0 Å². The van der Waals surface area contributed by atoms with Crippen LogP contribution < -0.4 is 10.2 Å². The normalized spacial score (nSPS) is 15.3. The second-order valence-corrected chi connectivity index (χ2v) is 7.52. The molecular weight excluding hydrogens is 351 g/mol. The lowest BCUT2D eigenvalue weighted by atomic mass is 10.2. The van der Waals surface area contributed by atoms with E-state index in [0.717, 1.165) is 60.4 Å². The fourth-order valence-corrected chi connectivity index (χ4v) is 4.02. The minimum absolute atomic E-state index is 0.0235. The third-order valence-electron chi connectivity index (χ3n) is 4.63. The zero-order valence-electron chi connectivity index (χ0n) is 15.3. The molecule has 1 fully saturated rings. The van der Waals surface area contributed by atoms with Gasteiger partial charge in [-0.1, -0.05) is 6.92 Å². The van der Waals surface area contributed by atoms with Gasteiger partial charge in [0.25, 0.3) is 5.91 Å². The predicted octanol–water partition coefficient (Wildman–Crippen LogP) is 2.71. The lowest BCUT2D eigenvalue weighted by Crippen LogP contribution is -2.48. The van der Waals surface area contributed by atoms with Gasteiger partial charge >= 0.3 is 0 Å². The molecule has 0 atom stereocenters. The van der Waals surface area contributed by atoms with Crippen molar-refractivity contribution in [2.45, 2.75) is 20.3 Å². The number of carbonyl (C=O) groups is 1. The van der Waals surface area contributed by atoms with Gasteiger partial charge in [0.1, 0.15) is 10.7 Å². The SMILES string of the molecule is CCc1nc(C)c(C(=O)NCCN2CCN(c3ccc(F)cc3)CC2)s1. The van der Waals surface area contributed by atoms with Crippen LogP contribution in [0, 0.1) is 12.7 Å². The van der Waals surface area contributed by atoms with Crippen molar-refractivity contribution in [2.75, 3.05) is 44.2 Å². The first-order valence-electron chi connectivity index (χ1n) is 9.04. The molecule has 1 aliphatic rings. The Kier molecular flexibility index (Phi) is 6.21. The van der Waals surface area contributed by atoms with E-state index in [0.29, 0.717) is 6.54 Å². The standard InChI is InChI=1S/C19H25FN4OS/c1-3-17-22-14(2)18(26-17)19(25)21-8-9-23-10-12-24(13-11-23)16-6-4-15(20)5-7-16/h4-7H,3,8-13H2,1-2H3,(H,21,25). The highest BCUT2D eigenvalue weighted by molar-refractivity contribution is 7.13. The maximum atomic E-state index is 13.0. The van der Waals surface area contributed by atoms with Crippen LogP contribution in [0.2, 0.25) is 0 Å². The summed E-state index contributed by atoms with van der Waals surface area (Å²) >= 11 is 1.48. The van der Waals surface area contributed by atoms with Gasteiger partial charge in [-0.05, 0) is 37.6 Å². The molecule has 2 aromatic rings. The number of piperazine rings is 1. The lowest BCUT2D eigenvalue weighted by Gasteiger charge is -2.36. The quantitative estimate of drug-likeness (QED) is 0.842. The van der Waals surface area contributed by atoms with E-state index in [1.54, 1.807) is 0 Å². The Bertz CT molecular complexity index is 738. The summed E-state index contributed by atoms with van der Waals surface area (Å²) in [4.78, 5) is 22.0. The minimum Gasteiger partial charge on any atom is -0.369 e. The van der Waals surface area contributed by atoms with Gasteiger partial charge < -0.3 is 10.2 Å². The number of aryl methyl sites for hydroxylation is 2. The van der Waals surface area contributed by atoms with Crippen molar-refractivity contribution in [2.24, 2.45) is 0 Å². The topological polar surface area (TPSA) is 48.5 Å². The summed E-state index contributed by atoms with van der Waals surface area (Å²) < 4.78 is 13.0. The van der Waals surface area contributed by atoms with E-state index in [1.807, 2.05) is 26.0 Å². The van der Waals surface area contributed by atoms with Crippen LogP contribution >= 0.6 is 11.3 Å². The molecule has 1 N–H and O–H groups in total. The van der Waals surface area contributed by atoms with Gasteiger partial charge in [0, 0.05) is 45.0 Å². The number of rotatable bonds is 6. The molecule has 1 aliphatic heterocycles. The lowest BCUT2D eigenvalue weighted by molar-refractivity contribution is 0.0951. The molecule has 1 aromatic heterocycles. The van der Waals surface area contributed by atoms with E-state index < -0.39 is 0 Å². The number of anilines is 1. The summed E-state index contributed by atoms with van der Waals surface area (Å²) in [5, 5.41) is 4.01. The Balaban J connectivity index is 1.41. The second-order valence-electron chi connectivity index (χ2n) is 6.44. The van der Waals surface area contributed by atoms with Crippen LogP contribution in [-0.4, -0.2) is 55.1 Å². The number of benzene rings is 1. The van der Waals surface area contributed by atoms with E-state index >= 15 is 0 Å². The highest BCUT2D eigenvalue weighted by Crippen LogP contribution is 2.18. The van der Waals surface area contributed by atoms with E-state index in [2.05, 4.69) is 20.1 Å². The summed E-state index contributed by atoms with van der Waals surface area (Å²) in [6.07, 6.45) is 0.858. The van der Waals surface area contributed by atoms with Crippen molar-refractivity contribution in [3.05, 3.63) is 45.7 Å². The van der Waals surface area contributed by atoms with Crippen LogP contribution in [0.4, 0.5) is 10.1 Å². The fourth-order valence-electron chi connectivity index (χ4n) is 3.10. The monoisotopic (exact) mass is 376 g/mol. The highest BCUT2D eigenvalue weighted by atomic mass is 32.1. The minimum atomic E-state index is -0.203. The molecule has 0 bridgehead atoms. The number of nitrogens with one attached hydrogen (secondary N) is 1. The van der Waals surface area contributed by atoms with Crippen molar-refractivity contribution in [1.82, 2.24) is 15.2 Å². The van der Waals surface area contributed by atoms with Gasteiger partial charge in [0.15, 0.2) is 0 Å². The molecule has 0 unspecified atom stereocenters. The largest absolute Gasteiger partial charge is 0.369 e. The summed E-state index contributed by atoms with van der Waals surface area (Å²) in [7, 11) is 0. The summed E-state index contributed by atoms with van der Waals surface area (Å²) in [6, 6.07) is 6.66. The molecule has 1 saturated heterocycles. The summed E-state index contributed by atoms with van der Waals surface area (Å²) in [5.74, 6) is -0.227. The zero-order valence-corrected chi connectivity index (χ0v) is 16.1. The number of hydrogen-bond acceptors (Lipinski definition) is 5. The van der Waals surface area contributed by atoms with E-state index in [1.165, 1.54) is 23.5 Å². The van der Waals surface area contributed by atoms with Crippen LogP contribution in [0.15, 0.2) is 24.3 Å². The first kappa shape index (κ1) is 18.8. The molecule has 7 heteroatoms. The first-order chi connectivity index (χ1) is 12.6. The number of hydrogen-bond donors (Lipinski definition) is 1. The summed E-state index contributed by atoms with van der Waals surface area (Å²) in [5.41, 5.74) is 1.88. The molecule has 140 valence electrons. The number of amides is 1. The molecule has 3 rings (SSSR count). The van der Waals surface area contributed by atoms with Crippen LogP contribution in [0.25, 0.3) is 0 Å². The summed E-state index contributed by atoms with van der Waals surface area (Å²) in [6.45, 7) is 9.10. The second kappa shape index (κ2) is 8.60. The van der Waals surface area contributed by atoms with Crippen molar-refractivity contribution >= 4 is 22.9 Å². The zero-order chi connectivity index (χ0) is 18.5. The maximum Gasteiger partial charge on any atom is 0.263 e. The maximum absolute atomic E-state index is 13.0. The number of aromatic nitrogens is 1. The molecule has 0 saturated carbocycles. The van der Waals surface area contributed by atoms with E-state index in [-0.39, 0.29) is 11.7 Å². The van der Waals surface area contributed by atoms with Gasteiger partial charge in [-0.15, -0.1) is 11.3 Å². The van der Waals surface area contributed by atoms with Crippen LogP contribution in [-0.2, 0) is 6.42 Å². The Morgan fingerprint density at radius 2 is 1.92 bits per heavy atom. The molecule has 0 spiro atoms. The fraction of sp³-hybridized carbons (Fsp3) is 0.474. The van der Waals surface area contributed by atoms with E-state index in [9.17, 15) is 9.18 Å². The number of halogens is 1. The molecule has 5 nitrogen and oxygen atoms in total. The molecule has 1 aromatic carbocycles. The Labute approximate surface area is 157 Å². The molecule has 0 radical (unpaired) electrons. The molecule has 26 heavy (non-hydrogen) atoms. The average Bonchev–Trinajstić information content (AvgIpc) is 3.04. The average molecular weight is 377 g/mol. The number of thiazole rings is 1. The van der Waals surface area contributed by atoms with Gasteiger partial charge in [0.05, 0.1) is 10.7 Å². The first-order valence-corrected chi connectivity index (χ1v) is 9.86. The Morgan fingerprint density at radius 1 is 1.23 bits per heavy atom. The number of nitrogens with zero attached hydrogens (tertiary/aromatic N) is 3. The van der Waals surface area contributed by atoms with Crippen LogP contribution in [0.1, 0.15) is 27.3 Å². The van der Waals surface area contributed by atoms with Gasteiger partial charge in [-0.2, -0.15) is 0 Å². The van der Waals surface area contributed by atoms with Gasteiger partial charge in [-0.25, -0.2) is 9.37 Å². The van der Waals surface area contributed by atoms with Gasteiger partial charge in [-0.3, -0.25) is 9.69 Å².